The number of carbonyl (C=O) groups is 7. The number of hydrogen-bond donors (Lipinski definition) is 5. The molecule has 621 valence electrons. The summed E-state index contributed by atoms with van der Waals surface area (Å²) in [6.45, 7) is 22.4. The van der Waals surface area contributed by atoms with Gasteiger partial charge in [-0.15, -0.1) is 0 Å². The normalized spacial score (nSPS) is 19.8. The van der Waals surface area contributed by atoms with Gasteiger partial charge in [0.15, 0.2) is 0 Å². The van der Waals surface area contributed by atoms with Gasteiger partial charge in [0, 0.05) is 111 Å². The Kier molecular flexibility index (Phi) is 79.8. The second-order valence-electron chi connectivity index (χ2n) is 26.2. The first-order valence-electron chi connectivity index (χ1n) is 37.6. The first-order valence-corrected chi connectivity index (χ1v) is 36.9. The number of alkyl halides is 1. The molecule has 5 saturated heterocycles. The van der Waals surface area contributed by atoms with E-state index in [1.807, 2.05) is 156 Å². The monoisotopic (exact) mass is 1610 g/mol. The van der Waals surface area contributed by atoms with Crippen molar-refractivity contribution < 1.29 is 186 Å². The average Bonchev–Trinajstić information content (AvgIpc) is 0.853. The van der Waals surface area contributed by atoms with Crippen LogP contribution in [0.4, 0.5) is 23.6 Å². The van der Waals surface area contributed by atoms with Crippen LogP contribution in [-0.2, 0) is 78.9 Å². The Hall–Kier alpha value is -5.88. The predicted molar refractivity (Wildman–Crippen MR) is 422 cm³/mol. The molecule has 5 heterocycles. The summed E-state index contributed by atoms with van der Waals surface area (Å²) in [5, 5.41) is 37.2. The largest absolute Gasteiger partial charge is 1.00 e. The molecule has 0 aliphatic carbocycles. The number of ether oxygens (including phenoxy) is 4. The average molecular weight is 1610 g/mol. The van der Waals surface area contributed by atoms with Crippen molar-refractivity contribution in [3.8, 4) is 0 Å². The Bertz CT molecular complexity index is 3070. The van der Waals surface area contributed by atoms with E-state index >= 15 is 0 Å². The van der Waals surface area contributed by atoms with Crippen LogP contribution in [0.1, 0.15) is 198 Å². The summed E-state index contributed by atoms with van der Waals surface area (Å²) < 4.78 is 36.9. The van der Waals surface area contributed by atoms with Crippen molar-refractivity contribution in [3.63, 3.8) is 0 Å². The molecule has 0 aromatic heterocycles. The summed E-state index contributed by atoms with van der Waals surface area (Å²) in [5.74, 6) is 1.83. The van der Waals surface area contributed by atoms with E-state index in [1.54, 1.807) is 26.5 Å². The maximum Gasteiger partial charge on any atom is 1.00 e. The predicted octanol–water partition coefficient (Wildman–Crippen LogP) is 7.64. The summed E-state index contributed by atoms with van der Waals surface area (Å²) in [6, 6.07) is 38.7. The molecule has 3 radical (unpaired) electrons. The van der Waals surface area contributed by atoms with Gasteiger partial charge in [0.1, 0.15) is 43.8 Å². The number of aliphatic hydroxyl groups excluding tert-OH is 4. The molecule has 0 bridgehead atoms. The smallest absolute Gasteiger partial charge is 1.00 e. The minimum absolute atomic E-state index is 0. The number of ketones is 3. The summed E-state index contributed by atoms with van der Waals surface area (Å²) in [5.41, 5.74) is 3.64. The van der Waals surface area contributed by atoms with Gasteiger partial charge in [0.05, 0.1) is 20.7 Å². The van der Waals surface area contributed by atoms with Crippen molar-refractivity contribution in [2.24, 2.45) is 29.1 Å². The number of nitrogens with one attached hydrogen (secondary N) is 1. The molecule has 25 nitrogen and oxygen atoms in total. The van der Waals surface area contributed by atoms with Crippen LogP contribution >= 0.6 is 0 Å². The van der Waals surface area contributed by atoms with Gasteiger partial charge >= 0.3 is 118 Å². The molecule has 29 heteroatoms. The van der Waals surface area contributed by atoms with Gasteiger partial charge in [-0.1, -0.05) is 178 Å². The number of benzene rings is 4. The Morgan fingerprint density at radius 1 is 0.527 bits per heavy atom. The van der Waals surface area contributed by atoms with Gasteiger partial charge in [-0.05, 0) is 144 Å². The summed E-state index contributed by atoms with van der Waals surface area (Å²) in [6.07, 6.45) is 12.4. The molecule has 0 saturated carbocycles. The van der Waals surface area contributed by atoms with E-state index in [0.29, 0.717) is 128 Å². The zero-order chi connectivity index (χ0) is 80.1. The third kappa shape index (κ3) is 54.1. The van der Waals surface area contributed by atoms with E-state index in [0.717, 1.165) is 126 Å². The van der Waals surface area contributed by atoms with Crippen molar-refractivity contribution >= 4 is 62.4 Å². The Balaban J connectivity index is -0.000000196. The van der Waals surface area contributed by atoms with Gasteiger partial charge in [0.2, 0.25) is 0 Å². The van der Waals surface area contributed by atoms with Crippen LogP contribution in [0.2, 0.25) is 0 Å². The van der Waals surface area contributed by atoms with Crippen LogP contribution in [0.25, 0.3) is 0 Å². The molecule has 7 unspecified atom stereocenters. The number of Topliss-reactive ketones (excluding diaryl/α,β-unsaturated/α-hetero) is 3. The molecule has 7 atom stereocenters. The standard InChI is InChI=1S/C18H25NO3.C17H23NO3.C16H23NO3.C16H21NO3.C8H17NO.C2H6O.CH3F.2CO2.CH4O.2CH4.B.K.Na.H2O.H/c1-3-18(2)11-13-19(12-7-10-16(18)20)17(21)22-14-15-8-5-4-6-9-15;1-2-15-10-12-18(11-6-9-16(15)19)17(20)21-13-14-7-4-3-5-8-14;2*1-13-9-11-17(10-5-8-15(13)18)16(19)20-12-14-6-3-2-4-7-14;1-7-4-6-9-5-2-3-8(7)10;1-2-3;1-2;2*2-1-3;1-2;;;;;;;/h4-6,8-9H,3,7,10-14H2,1-2H3;3-5,7-8,15H,2,6,9-13H2,1H3;2-4,6-7,13,15,18H,5,8-12H2,1H3;2-4,6-7,13H,5,8-12H2,1H3;7-10H,2-6H2,1H3;3H,2H2,1H3;1H3;;;2H,1H3;2*1H4;;;;1H2;/q;;;;;;;;;;;;;2*+1;;-1/p-1/i;;;;;;1D;;;;;;;;;;. The Morgan fingerprint density at radius 3 is 1.21 bits per heavy atom. The number of hydrogen-bond acceptors (Lipinski definition) is 21. The van der Waals surface area contributed by atoms with Crippen LogP contribution < -0.4 is 86.3 Å². The van der Waals surface area contributed by atoms with Crippen LogP contribution in [0.3, 0.4) is 0 Å². The number of halogens is 1. The fourth-order valence-electron chi connectivity index (χ4n) is 11.5. The van der Waals surface area contributed by atoms with Crippen molar-refractivity contribution in [1.82, 2.24) is 24.9 Å². The molecule has 4 aromatic carbocycles. The molecular weight excluding hydrogens is 1480 g/mol. The molecule has 5 aliphatic rings. The van der Waals surface area contributed by atoms with Gasteiger partial charge < -0.3 is 71.2 Å². The SMILES string of the molecule is C.C.CC1CCN(C(=O)OCc2ccccc2)CCCC1=O.CC1CCN(C(=O)OCc2ccccc2)CCCC1O.CC1CCNCCCC1O.CCC1(C)CCN(C(=O)OCc2ccccc2)CCCC1=O.CCC1CCN(C(=O)OCc2ccccc2)CCCC1=O.CCO.CO.O=C=O.O=C=O.[2H]CF.[B].[H-].[K+].[Na+].[OH-]. The van der Waals surface area contributed by atoms with Crippen LogP contribution in [0, 0.1) is 29.1 Å². The number of carbonyl (C=O) groups excluding carboxylic acids is 11. The third-order valence-electron chi connectivity index (χ3n) is 18.6. The second-order valence-corrected chi connectivity index (χ2v) is 26.2. The molecule has 4 amide bonds. The maximum absolute atomic E-state index is 12.2. The van der Waals surface area contributed by atoms with Crippen molar-refractivity contribution in [2.45, 2.75) is 211 Å². The number of amides is 4. The Labute approximate surface area is 736 Å². The number of likely N-dealkylation sites (tertiary alicyclic amines) is 4. The summed E-state index contributed by atoms with van der Waals surface area (Å²) in [4.78, 5) is 124. The van der Waals surface area contributed by atoms with E-state index < -0.39 is 7.15 Å². The minimum atomic E-state index is -1.00. The minimum Gasteiger partial charge on any atom is -1.00 e. The fourth-order valence-corrected chi connectivity index (χ4v) is 11.5. The van der Waals surface area contributed by atoms with E-state index in [4.69, 9.17) is 49.7 Å². The number of nitrogens with zero attached hydrogens (tertiary/aromatic N) is 4. The fraction of sp³-hybridized carbons (Fsp3) is 0.602. The first-order chi connectivity index (χ1) is 51.5. The quantitative estimate of drug-likeness (QED) is 0.0752. The molecule has 9 rings (SSSR count). The van der Waals surface area contributed by atoms with Crippen molar-refractivity contribution in [3.05, 3.63) is 144 Å². The zero-order valence-electron chi connectivity index (χ0n) is 68.9. The summed E-state index contributed by atoms with van der Waals surface area (Å²) >= 11 is 0. The first kappa shape index (κ1) is 117. The van der Waals surface area contributed by atoms with Crippen molar-refractivity contribution in [1.29, 1.82) is 0 Å². The van der Waals surface area contributed by atoms with E-state index in [2.05, 4.69) is 12.2 Å². The maximum atomic E-state index is 12.2. The molecular formula is C83H132BFKN5NaO20. The number of aliphatic hydroxyl groups is 4. The molecule has 6 N–H and O–H groups in total. The van der Waals surface area contributed by atoms with Crippen LogP contribution in [0.15, 0.2) is 121 Å². The molecule has 4 aromatic rings. The molecule has 5 fully saturated rings. The van der Waals surface area contributed by atoms with Crippen molar-refractivity contribution in [2.75, 3.05) is 86.3 Å². The van der Waals surface area contributed by atoms with Gasteiger partial charge in [-0.2, -0.15) is 19.2 Å². The zero-order valence-corrected chi connectivity index (χ0v) is 72.1. The van der Waals surface area contributed by atoms with Gasteiger partial charge in [0.25, 0.3) is 0 Å². The molecule has 0 spiro atoms. The van der Waals surface area contributed by atoms with Gasteiger partial charge in [-0.3, -0.25) is 18.8 Å². The number of rotatable bonds is 10. The Morgan fingerprint density at radius 2 is 0.839 bits per heavy atom. The van der Waals surface area contributed by atoms with Crippen LogP contribution in [-0.4, -0.2) is 206 Å². The van der Waals surface area contributed by atoms with E-state index in [-0.39, 0.29) is 190 Å². The van der Waals surface area contributed by atoms with Crippen LogP contribution in [0.5, 0.6) is 0 Å². The van der Waals surface area contributed by atoms with Gasteiger partial charge in [-0.25, -0.2) is 19.2 Å². The third-order valence-corrected chi connectivity index (χ3v) is 18.6. The second kappa shape index (κ2) is 76.4. The summed E-state index contributed by atoms with van der Waals surface area (Å²) in [7, 11) is 0. The van der Waals surface area contributed by atoms with E-state index in [9.17, 15) is 48.2 Å². The molecule has 112 heavy (non-hydrogen) atoms. The van der Waals surface area contributed by atoms with E-state index in [1.165, 1.54) is 0 Å². The molecule has 5 aliphatic heterocycles. The topological polar surface area (TPSA) is 361 Å².